The van der Waals surface area contributed by atoms with Gasteiger partial charge in [0.15, 0.2) is 0 Å². The van der Waals surface area contributed by atoms with Gasteiger partial charge in [-0.2, -0.15) is 0 Å². The second-order valence-electron chi connectivity index (χ2n) is 5.65. The monoisotopic (exact) mass is 256 g/mol. The van der Waals surface area contributed by atoms with Crippen LogP contribution in [-0.2, 0) is 5.41 Å². The SMILES string of the molecule is CCCC(C)C(NN)c1snnc1C(C)(C)C. The van der Waals surface area contributed by atoms with Crippen LogP contribution in [0.1, 0.15) is 64.1 Å². The fourth-order valence-electron chi connectivity index (χ4n) is 2.04. The summed E-state index contributed by atoms with van der Waals surface area (Å²) >= 11 is 1.46. The third-order valence-electron chi connectivity index (χ3n) is 3.00. The molecule has 0 spiro atoms. The van der Waals surface area contributed by atoms with E-state index in [1.54, 1.807) is 0 Å². The Kier molecular flexibility index (Phi) is 5.04. The summed E-state index contributed by atoms with van der Waals surface area (Å²) in [5.41, 5.74) is 4.01. The lowest BCUT2D eigenvalue weighted by atomic mass is 9.87. The van der Waals surface area contributed by atoms with E-state index in [9.17, 15) is 0 Å². The Balaban J connectivity index is 3.00. The van der Waals surface area contributed by atoms with E-state index in [4.69, 9.17) is 5.84 Å². The Morgan fingerprint density at radius 1 is 1.41 bits per heavy atom. The zero-order valence-electron chi connectivity index (χ0n) is 11.4. The second-order valence-corrected chi connectivity index (χ2v) is 6.43. The lowest BCUT2D eigenvalue weighted by Gasteiger charge is -2.25. The van der Waals surface area contributed by atoms with Gasteiger partial charge >= 0.3 is 0 Å². The van der Waals surface area contributed by atoms with Gasteiger partial charge in [-0.05, 0) is 23.9 Å². The van der Waals surface area contributed by atoms with Gasteiger partial charge in [-0.3, -0.25) is 11.3 Å². The number of hydrogen-bond donors (Lipinski definition) is 2. The standard InChI is InChI=1S/C12H24N4S/c1-6-7-8(2)9(14-13)10-11(12(3,4)5)15-16-17-10/h8-9,14H,6-7,13H2,1-5H3. The van der Waals surface area contributed by atoms with Crippen LogP contribution in [0.25, 0.3) is 0 Å². The van der Waals surface area contributed by atoms with Gasteiger partial charge in [0.25, 0.3) is 0 Å². The lowest BCUT2D eigenvalue weighted by molar-refractivity contribution is 0.366. The summed E-state index contributed by atoms with van der Waals surface area (Å²) in [4.78, 5) is 1.18. The maximum absolute atomic E-state index is 5.71. The molecule has 0 saturated heterocycles. The number of hydrogen-bond acceptors (Lipinski definition) is 5. The fraction of sp³-hybridized carbons (Fsp3) is 0.833. The maximum atomic E-state index is 5.71. The number of aromatic nitrogens is 2. The molecule has 0 saturated carbocycles. The van der Waals surface area contributed by atoms with Gasteiger partial charge < -0.3 is 0 Å². The number of nitrogens with two attached hydrogens (primary N) is 1. The summed E-state index contributed by atoms with van der Waals surface area (Å²) in [6.07, 6.45) is 2.31. The molecule has 1 rings (SSSR count). The molecule has 0 bridgehead atoms. The number of nitrogens with one attached hydrogen (secondary N) is 1. The molecular weight excluding hydrogens is 232 g/mol. The summed E-state index contributed by atoms with van der Waals surface area (Å²) in [6.45, 7) is 10.9. The van der Waals surface area contributed by atoms with Crippen molar-refractivity contribution in [2.75, 3.05) is 0 Å². The third kappa shape index (κ3) is 3.47. The van der Waals surface area contributed by atoms with Crippen molar-refractivity contribution in [3.63, 3.8) is 0 Å². The molecule has 2 atom stereocenters. The molecule has 17 heavy (non-hydrogen) atoms. The van der Waals surface area contributed by atoms with Crippen LogP contribution >= 0.6 is 11.5 Å². The van der Waals surface area contributed by atoms with Crippen molar-refractivity contribution in [1.82, 2.24) is 15.0 Å². The molecule has 0 aliphatic rings. The zero-order chi connectivity index (χ0) is 13.1. The van der Waals surface area contributed by atoms with Crippen LogP contribution in [0.15, 0.2) is 0 Å². The van der Waals surface area contributed by atoms with Crippen LogP contribution in [0, 0.1) is 5.92 Å². The van der Waals surface area contributed by atoms with Crippen LogP contribution < -0.4 is 11.3 Å². The van der Waals surface area contributed by atoms with Crippen LogP contribution in [0.5, 0.6) is 0 Å². The van der Waals surface area contributed by atoms with E-state index < -0.39 is 0 Å². The molecule has 0 aliphatic heterocycles. The predicted molar refractivity (Wildman–Crippen MR) is 72.7 cm³/mol. The van der Waals surface area contributed by atoms with Crippen LogP contribution in [0.2, 0.25) is 0 Å². The van der Waals surface area contributed by atoms with Gasteiger partial charge in [0, 0.05) is 5.41 Å². The van der Waals surface area contributed by atoms with Gasteiger partial charge in [0.1, 0.15) is 0 Å². The molecule has 2 unspecified atom stereocenters. The van der Waals surface area contributed by atoms with Gasteiger partial charge in [-0.25, -0.2) is 0 Å². The van der Waals surface area contributed by atoms with Gasteiger partial charge in [0.2, 0.25) is 0 Å². The Labute approximate surface area is 108 Å². The molecule has 3 N–H and O–H groups in total. The lowest BCUT2D eigenvalue weighted by Crippen LogP contribution is -2.33. The third-order valence-corrected chi connectivity index (χ3v) is 3.81. The van der Waals surface area contributed by atoms with E-state index >= 15 is 0 Å². The van der Waals surface area contributed by atoms with E-state index in [0.717, 1.165) is 18.5 Å². The van der Waals surface area contributed by atoms with Crippen molar-refractivity contribution in [2.24, 2.45) is 11.8 Å². The van der Waals surface area contributed by atoms with Crippen molar-refractivity contribution in [2.45, 2.75) is 58.9 Å². The Hall–Kier alpha value is -0.520. The van der Waals surface area contributed by atoms with E-state index in [-0.39, 0.29) is 11.5 Å². The fourth-order valence-corrected chi connectivity index (χ4v) is 3.10. The summed E-state index contributed by atoms with van der Waals surface area (Å²) in [5.74, 6) is 6.20. The molecule has 1 heterocycles. The van der Waals surface area contributed by atoms with Gasteiger partial charge in [-0.1, -0.05) is 45.5 Å². The Morgan fingerprint density at radius 3 is 2.53 bits per heavy atom. The predicted octanol–water partition coefficient (Wildman–Crippen LogP) is 2.78. The molecule has 5 heteroatoms. The van der Waals surface area contributed by atoms with Crippen LogP contribution in [0.4, 0.5) is 0 Å². The highest BCUT2D eigenvalue weighted by atomic mass is 32.1. The van der Waals surface area contributed by atoms with Crippen molar-refractivity contribution in [3.05, 3.63) is 10.6 Å². The first kappa shape index (κ1) is 14.5. The van der Waals surface area contributed by atoms with Gasteiger partial charge in [-0.15, -0.1) is 5.10 Å². The van der Waals surface area contributed by atoms with Crippen molar-refractivity contribution >= 4 is 11.5 Å². The Bertz CT molecular complexity index is 343. The molecule has 0 radical (unpaired) electrons. The average molecular weight is 256 g/mol. The minimum Gasteiger partial charge on any atom is -0.271 e. The van der Waals surface area contributed by atoms with Crippen molar-refractivity contribution in [3.8, 4) is 0 Å². The quantitative estimate of drug-likeness (QED) is 0.628. The first-order chi connectivity index (χ1) is 7.91. The number of nitrogens with zero attached hydrogens (tertiary/aromatic N) is 2. The highest BCUT2D eigenvalue weighted by Crippen LogP contribution is 2.34. The number of hydrazine groups is 1. The van der Waals surface area contributed by atoms with E-state index in [1.807, 2.05) is 0 Å². The molecule has 0 aliphatic carbocycles. The van der Waals surface area contributed by atoms with Crippen LogP contribution in [0.3, 0.4) is 0 Å². The average Bonchev–Trinajstić information content (AvgIpc) is 2.67. The molecule has 0 amide bonds. The summed E-state index contributed by atoms with van der Waals surface area (Å²) in [5, 5.41) is 4.27. The second kappa shape index (κ2) is 5.89. The molecular formula is C12H24N4S. The van der Waals surface area contributed by atoms with E-state index in [1.165, 1.54) is 16.4 Å². The minimum absolute atomic E-state index is 0.0172. The van der Waals surface area contributed by atoms with Gasteiger partial charge in [0.05, 0.1) is 16.6 Å². The molecule has 1 aromatic heterocycles. The van der Waals surface area contributed by atoms with Crippen molar-refractivity contribution < 1.29 is 0 Å². The maximum Gasteiger partial charge on any atom is 0.0857 e. The summed E-state index contributed by atoms with van der Waals surface area (Å²) < 4.78 is 4.10. The molecule has 98 valence electrons. The molecule has 0 aromatic carbocycles. The number of rotatable bonds is 5. The smallest absolute Gasteiger partial charge is 0.0857 e. The molecule has 1 aromatic rings. The van der Waals surface area contributed by atoms with E-state index in [0.29, 0.717) is 5.92 Å². The minimum atomic E-state index is 0.0172. The van der Waals surface area contributed by atoms with Crippen molar-refractivity contribution in [1.29, 1.82) is 0 Å². The normalized spacial score (nSPS) is 15.9. The first-order valence-corrected chi connectivity index (χ1v) is 6.98. The Morgan fingerprint density at radius 2 is 2.06 bits per heavy atom. The highest BCUT2D eigenvalue weighted by Gasteiger charge is 2.29. The van der Waals surface area contributed by atoms with Crippen LogP contribution in [-0.4, -0.2) is 9.59 Å². The zero-order valence-corrected chi connectivity index (χ0v) is 12.3. The summed E-state index contributed by atoms with van der Waals surface area (Å²) in [6, 6.07) is 0.157. The summed E-state index contributed by atoms with van der Waals surface area (Å²) in [7, 11) is 0. The largest absolute Gasteiger partial charge is 0.271 e. The highest BCUT2D eigenvalue weighted by molar-refractivity contribution is 7.05. The molecule has 0 fully saturated rings. The van der Waals surface area contributed by atoms with E-state index in [2.05, 4.69) is 49.6 Å². The molecule has 4 nitrogen and oxygen atoms in total. The first-order valence-electron chi connectivity index (χ1n) is 6.20. The topological polar surface area (TPSA) is 63.8 Å².